The van der Waals surface area contributed by atoms with Gasteiger partial charge in [-0.15, -0.1) is 0 Å². The van der Waals surface area contributed by atoms with Crippen LogP contribution in [0.2, 0.25) is 10.0 Å². The van der Waals surface area contributed by atoms with Gasteiger partial charge in [0.1, 0.15) is 5.75 Å². The zero-order valence-corrected chi connectivity index (χ0v) is 16.8. The molecule has 28 heavy (non-hydrogen) atoms. The van der Waals surface area contributed by atoms with Crippen molar-refractivity contribution in [2.75, 3.05) is 33.3 Å². The van der Waals surface area contributed by atoms with Crippen molar-refractivity contribution in [2.24, 2.45) is 0 Å². The number of rotatable bonds is 4. The van der Waals surface area contributed by atoms with E-state index in [0.29, 0.717) is 35.0 Å². The van der Waals surface area contributed by atoms with E-state index < -0.39 is 17.8 Å². The Hall–Kier alpha value is -1.47. The maximum absolute atomic E-state index is 13.4. The quantitative estimate of drug-likeness (QED) is 0.699. The molecule has 1 unspecified atom stereocenters. The van der Waals surface area contributed by atoms with Crippen LogP contribution in [-0.2, 0) is 6.18 Å². The van der Waals surface area contributed by atoms with Crippen molar-refractivity contribution in [3.63, 3.8) is 0 Å². The molecule has 1 N–H and O–H groups in total. The number of ether oxygens (including phenoxy) is 1. The Morgan fingerprint density at radius 1 is 1.04 bits per heavy atom. The van der Waals surface area contributed by atoms with Gasteiger partial charge in [-0.3, -0.25) is 4.90 Å². The van der Waals surface area contributed by atoms with Crippen LogP contribution < -0.4 is 10.1 Å². The van der Waals surface area contributed by atoms with Gasteiger partial charge in [0.25, 0.3) is 0 Å². The summed E-state index contributed by atoms with van der Waals surface area (Å²) in [5, 5.41) is 4.07. The highest BCUT2D eigenvalue weighted by molar-refractivity contribution is 6.31. The second-order valence-electron chi connectivity index (χ2n) is 6.66. The van der Waals surface area contributed by atoms with Crippen LogP contribution in [0.3, 0.4) is 0 Å². The van der Waals surface area contributed by atoms with Gasteiger partial charge in [-0.05, 0) is 54.9 Å². The molecule has 0 amide bonds. The predicted octanol–water partition coefficient (Wildman–Crippen LogP) is 5.41. The van der Waals surface area contributed by atoms with Crippen molar-refractivity contribution in [1.29, 1.82) is 0 Å². The number of nitrogens with zero attached hydrogens (tertiary/aromatic N) is 1. The van der Waals surface area contributed by atoms with Crippen molar-refractivity contribution >= 4 is 23.2 Å². The molecule has 2 aromatic rings. The Kier molecular flexibility index (Phi) is 6.76. The molecule has 1 fully saturated rings. The van der Waals surface area contributed by atoms with Gasteiger partial charge in [-0.2, -0.15) is 13.2 Å². The zero-order chi connectivity index (χ0) is 20.3. The first-order valence-electron chi connectivity index (χ1n) is 8.96. The van der Waals surface area contributed by atoms with Gasteiger partial charge in [-0.25, -0.2) is 0 Å². The SMILES string of the molecule is COc1ccc(Cl)cc1C(c1cc(C(F)(F)F)ccc1Cl)N1CCCNCC1. The van der Waals surface area contributed by atoms with Crippen LogP contribution in [0.5, 0.6) is 5.75 Å². The summed E-state index contributed by atoms with van der Waals surface area (Å²) < 4.78 is 45.6. The number of methoxy groups -OCH3 is 1. The van der Waals surface area contributed by atoms with Crippen molar-refractivity contribution in [2.45, 2.75) is 18.6 Å². The summed E-state index contributed by atoms with van der Waals surface area (Å²) in [4.78, 5) is 2.12. The van der Waals surface area contributed by atoms with Crippen LogP contribution in [-0.4, -0.2) is 38.2 Å². The van der Waals surface area contributed by atoms with Crippen LogP contribution in [0.15, 0.2) is 36.4 Å². The molecule has 152 valence electrons. The van der Waals surface area contributed by atoms with Crippen LogP contribution in [0.25, 0.3) is 0 Å². The van der Waals surface area contributed by atoms with E-state index in [4.69, 9.17) is 27.9 Å². The van der Waals surface area contributed by atoms with Crippen LogP contribution in [0.1, 0.15) is 29.2 Å². The predicted molar refractivity (Wildman–Crippen MR) is 105 cm³/mol. The van der Waals surface area contributed by atoms with Gasteiger partial charge >= 0.3 is 6.18 Å². The van der Waals surface area contributed by atoms with Crippen molar-refractivity contribution in [3.8, 4) is 5.75 Å². The molecule has 0 aromatic heterocycles. The number of hydrogen-bond donors (Lipinski definition) is 1. The van der Waals surface area contributed by atoms with Crippen molar-refractivity contribution in [1.82, 2.24) is 10.2 Å². The molecule has 1 aliphatic heterocycles. The molecule has 0 bridgehead atoms. The average molecular weight is 433 g/mol. The molecule has 3 rings (SSSR count). The fourth-order valence-electron chi connectivity index (χ4n) is 3.53. The number of nitrogens with one attached hydrogen (secondary N) is 1. The highest BCUT2D eigenvalue weighted by Gasteiger charge is 2.34. The van der Waals surface area contributed by atoms with Crippen molar-refractivity contribution in [3.05, 3.63) is 63.1 Å². The molecule has 1 heterocycles. The second kappa shape index (κ2) is 8.91. The van der Waals surface area contributed by atoms with Gasteiger partial charge in [-0.1, -0.05) is 23.2 Å². The summed E-state index contributed by atoms with van der Waals surface area (Å²) >= 11 is 12.6. The summed E-state index contributed by atoms with van der Waals surface area (Å²) in [6.45, 7) is 2.95. The average Bonchev–Trinajstić information content (AvgIpc) is 2.92. The molecular weight excluding hydrogens is 412 g/mol. The molecule has 0 radical (unpaired) electrons. The molecule has 1 atom stereocenters. The number of halogens is 5. The minimum Gasteiger partial charge on any atom is -0.496 e. The first-order chi connectivity index (χ1) is 13.3. The Morgan fingerprint density at radius 3 is 2.54 bits per heavy atom. The van der Waals surface area contributed by atoms with E-state index in [1.807, 2.05) is 0 Å². The molecule has 0 spiro atoms. The van der Waals surface area contributed by atoms with E-state index in [-0.39, 0.29) is 5.02 Å². The van der Waals surface area contributed by atoms with Gasteiger partial charge in [0.05, 0.1) is 18.7 Å². The molecule has 1 saturated heterocycles. The van der Waals surface area contributed by atoms with Crippen LogP contribution >= 0.6 is 23.2 Å². The highest BCUT2D eigenvalue weighted by Crippen LogP contribution is 2.41. The number of hydrogen-bond acceptors (Lipinski definition) is 3. The Bertz CT molecular complexity index is 822. The minimum atomic E-state index is -4.46. The largest absolute Gasteiger partial charge is 0.496 e. The maximum Gasteiger partial charge on any atom is 0.416 e. The standard InChI is InChI=1S/C20H21Cl2F3N2O/c1-28-18-6-4-14(21)12-16(18)19(27-9-2-7-26-8-10-27)15-11-13(20(23,24)25)3-5-17(15)22/h3-6,11-12,19,26H,2,7-10H2,1H3. The molecule has 3 nitrogen and oxygen atoms in total. The summed E-state index contributed by atoms with van der Waals surface area (Å²) in [5.41, 5.74) is 0.350. The summed E-state index contributed by atoms with van der Waals surface area (Å²) in [7, 11) is 1.53. The van der Waals surface area contributed by atoms with Gasteiger partial charge in [0.2, 0.25) is 0 Å². The third-order valence-corrected chi connectivity index (χ3v) is 5.42. The molecule has 8 heteroatoms. The second-order valence-corrected chi connectivity index (χ2v) is 7.51. The van der Waals surface area contributed by atoms with Gasteiger partial charge in [0.15, 0.2) is 0 Å². The summed E-state index contributed by atoms with van der Waals surface area (Å²) in [6, 6.07) is 8.08. The fraction of sp³-hybridized carbons (Fsp3) is 0.400. The van der Waals surface area contributed by atoms with E-state index in [1.165, 1.54) is 13.2 Å². The van der Waals surface area contributed by atoms with Crippen molar-refractivity contribution < 1.29 is 17.9 Å². The maximum atomic E-state index is 13.4. The monoisotopic (exact) mass is 432 g/mol. The lowest BCUT2D eigenvalue weighted by molar-refractivity contribution is -0.137. The van der Waals surface area contributed by atoms with Gasteiger partial charge < -0.3 is 10.1 Å². The Balaban J connectivity index is 2.19. The lowest BCUT2D eigenvalue weighted by atomic mass is 9.94. The molecule has 0 aliphatic carbocycles. The number of benzene rings is 2. The lowest BCUT2D eigenvalue weighted by Crippen LogP contribution is -2.33. The normalized spacial score (nSPS) is 17.2. The Morgan fingerprint density at radius 2 is 1.82 bits per heavy atom. The fourth-order valence-corrected chi connectivity index (χ4v) is 3.94. The van der Waals surface area contributed by atoms with E-state index in [9.17, 15) is 13.2 Å². The molecule has 0 saturated carbocycles. The smallest absolute Gasteiger partial charge is 0.416 e. The lowest BCUT2D eigenvalue weighted by Gasteiger charge is -2.33. The van der Waals surface area contributed by atoms with Gasteiger partial charge in [0, 0.05) is 35.2 Å². The third kappa shape index (κ3) is 4.74. The molecule has 1 aliphatic rings. The number of alkyl halides is 3. The Labute approximate surface area is 172 Å². The van der Waals surface area contributed by atoms with E-state index in [0.717, 1.165) is 31.6 Å². The molecule has 2 aromatic carbocycles. The first-order valence-corrected chi connectivity index (χ1v) is 9.71. The highest BCUT2D eigenvalue weighted by atomic mass is 35.5. The minimum absolute atomic E-state index is 0.275. The van der Waals surface area contributed by atoms with Crippen LogP contribution in [0, 0.1) is 0 Å². The first kappa shape index (κ1) is 21.2. The zero-order valence-electron chi connectivity index (χ0n) is 15.3. The van der Waals surface area contributed by atoms with E-state index in [2.05, 4.69) is 10.2 Å². The topological polar surface area (TPSA) is 24.5 Å². The van der Waals surface area contributed by atoms with E-state index in [1.54, 1.807) is 18.2 Å². The molecular formula is C20H21Cl2F3N2O. The van der Waals surface area contributed by atoms with E-state index >= 15 is 0 Å². The summed E-state index contributed by atoms with van der Waals surface area (Å²) in [6.07, 6.45) is -3.58. The summed E-state index contributed by atoms with van der Waals surface area (Å²) in [5.74, 6) is 0.556. The van der Waals surface area contributed by atoms with Crippen LogP contribution in [0.4, 0.5) is 13.2 Å². The third-order valence-electron chi connectivity index (χ3n) is 4.84.